The first-order valence-corrected chi connectivity index (χ1v) is 8.48. The molecule has 0 aromatic carbocycles. The summed E-state index contributed by atoms with van der Waals surface area (Å²) in [5, 5.41) is 3.48. The molecule has 130 valence electrons. The SMILES string of the molecule is Cc1ccc2ccc(N(N)c3ccc4c(C)c(C)c(C)nc4n3)nc2n1. The molecule has 4 heterocycles. The summed E-state index contributed by atoms with van der Waals surface area (Å²) in [5.41, 5.74) is 5.63. The Kier molecular flexibility index (Phi) is 3.77. The van der Waals surface area contributed by atoms with Gasteiger partial charge in [-0.1, -0.05) is 0 Å². The molecule has 0 saturated carbocycles. The van der Waals surface area contributed by atoms with E-state index in [9.17, 15) is 0 Å². The minimum absolute atomic E-state index is 0.586. The third-order valence-corrected chi connectivity index (χ3v) is 4.81. The van der Waals surface area contributed by atoms with Gasteiger partial charge in [0.15, 0.2) is 22.9 Å². The molecule has 4 aromatic rings. The molecule has 0 saturated heterocycles. The molecule has 0 aliphatic heterocycles. The van der Waals surface area contributed by atoms with Crippen molar-refractivity contribution in [1.82, 2.24) is 19.9 Å². The zero-order chi connectivity index (χ0) is 18.4. The van der Waals surface area contributed by atoms with Crippen LogP contribution in [-0.4, -0.2) is 19.9 Å². The highest BCUT2D eigenvalue weighted by molar-refractivity contribution is 5.83. The fourth-order valence-electron chi connectivity index (χ4n) is 3.00. The minimum Gasteiger partial charge on any atom is -0.244 e. The van der Waals surface area contributed by atoms with Crippen LogP contribution in [0, 0.1) is 27.7 Å². The molecule has 0 unspecified atom stereocenters. The Bertz CT molecular complexity index is 1150. The van der Waals surface area contributed by atoms with E-state index in [1.54, 1.807) is 0 Å². The number of hydrogen-bond acceptors (Lipinski definition) is 6. The van der Waals surface area contributed by atoms with Crippen molar-refractivity contribution in [3.8, 4) is 0 Å². The van der Waals surface area contributed by atoms with E-state index in [0.717, 1.165) is 22.2 Å². The quantitative estimate of drug-likeness (QED) is 0.440. The third-order valence-electron chi connectivity index (χ3n) is 4.81. The van der Waals surface area contributed by atoms with Gasteiger partial charge >= 0.3 is 0 Å². The number of aromatic nitrogens is 4. The lowest BCUT2D eigenvalue weighted by atomic mass is 10.1. The topological polar surface area (TPSA) is 80.8 Å². The van der Waals surface area contributed by atoms with Gasteiger partial charge in [-0.15, -0.1) is 0 Å². The predicted molar refractivity (Wildman–Crippen MR) is 104 cm³/mol. The maximum absolute atomic E-state index is 6.30. The van der Waals surface area contributed by atoms with Crippen molar-refractivity contribution >= 4 is 33.7 Å². The van der Waals surface area contributed by atoms with Gasteiger partial charge in [0, 0.05) is 22.2 Å². The highest BCUT2D eigenvalue weighted by Crippen LogP contribution is 2.26. The van der Waals surface area contributed by atoms with Crippen LogP contribution < -0.4 is 10.9 Å². The normalized spacial score (nSPS) is 11.3. The molecule has 6 nitrogen and oxygen atoms in total. The van der Waals surface area contributed by atoms with Crippen LogP contribution in [0.2, 0.25) is 0 Å². The number of rotatable bonds is 2. The lowest BCUT2D eigenvalue weighted by Gasteiger charge is -2.18. The van der Waals surface area contributed by atoms with Crippen LogP contribution in [0.15, 0.2) is 36.4 Å². The second-order valence-corrected chi connectivity index (χ2v) is 6.53. The molecule has 26 heavy (non-hydrogen) atoms. The van der Waals surface area contributed by atoms with Crippen LogP contribution in [0.25, 0.3) is 22.1 Å². The van der Waals surface area contributed by atoms with E-state index < -0.39 is 0 Å². The smallest absolute Gasteiger partial charge is 0.162 e. The van der Waals surface area contributed by atoms with Crippen LogP contribution >= 0.6 is 0 Å². The Hall–Kier alpha value is -3.12. The van der Waals surface area contributed by atoms with Gasteiger partial charge in [0.05, 0.1) is 0 Å². The molecule has 4 rings (SSSR count). The van der Waals surface area contributed by atoms with Crippen molar-refractivity contribution in [1.29, 1.82) is 0 Å². The Labute approximate surface area is 151 Å². The highest BCUT2D eigenvalue weighted by atomic mass is 15.5. The summed E-state index contributed by atoms with van der Waals surface area (Å²) in [4.78, 5) is 18.3. The molecule has 0 radical (unpaired) electrons. The van der Waals surface area contributed by atoms with E-state index in [2.05, 4.69) is 33.8 Å². The van der Waals surface area contributed by atoms with Crippen molar-refractivity contribution in [3.63, 3.8) is 0 Å². The zero-order valence-electron chi connectivity index (χ0n) is 15.3. The summed E-state index contributed by atoms with van der Waals surface area (Å²) in [5.74, 6) is 7.47. The largest absolute Gasteiger partial charge is 0.244 e. The molecular formula is C20H20N6. The molecule has 2 N–H and O–H groups in total. The van der Waals surface area contributed by atoms with E-state index in [-0.39, 0.29) is 0 Å². The van der Waals surface area contributed by atoms with Gasteiger partial charge < -0.3 is 0 Å². The molecule has 0 bridgehead atoms. The van der Waals surface area contributed by atoms with Crippen LogP contribution in [0.1, 0.15) is 22.5 Å². The number of hydrogen-bond donors (Lipinski definition) is 1. The number of nitrogens with two attached hydrogens (primary N) is 1. The predicted octanol–water partition coefficient (Wildman–Crippen LogP) is 3.82. The number of fused-ring (bicyclic) bond motifs is 2. The maximum Gasteiger partial charge on any atom is 0.162 e. The Morgan fingerprint density at radius 1 is 0.692 bits per heavy atom. The average Bonchev–Trinajstić information content (AvgIpc) is 2.64. The van der Waals surface area contributed by atoms with Crippen molar-refractivity contribution < 1.29 is 0 Å². The van der Waals surface area contributed by atoms with E-state index >= 15 is 0 Å². The molecule has 0 amide bonds. The number of aryl methyl sites for hydroxylation is 3. The number of nitrogens with zero attached hydrogens (tertiary/aromatic N) is 5. The number of pyridine rings is 4. The van der Waals surface area contributed by atoms with E-state index in [1.807, 2.05) is 50.2 Å². The molecule has 0 aliphatic rings. The van der Waals surface area contributed by atoms with Gasteiger partial charge in [-0.2, -0.15) is 0 Å². The van der Waals surface area contributed by atoms with Gasteiger partial charge in [0.25, 0.3) is 0 Å². The molecule has 0 spiro atoms. The van der Waals surface area contributed by atoms with Gasteiger partial charge in [-0.3, -0.25) is 0 Å². The average molecular weight is 344 g/mol. The van der Waals surface area contributed by atoms with E-state index in [4.69, 9.17) is 5.84 Å². The van der Waals surface area contributed by atoms with Crippen molar-refractivity contribution in [2.24, 2.45) is 5.84 Å². The van der Waals surface area contributed by atoms with Gasteiger partial charge in [0.1, 0.15) is 0 Å². The maximum atomic E-state index is 6.30. The summed E-state index contributed by atoms with van der Waals surface area (Å²) in [6.07, 6.45) is 0. The highest BCUT2D eigenvalue weighted by Gasteiger charge is 2.13. The number of hydrazine groups is 1. The lowest BCUT2D eigenvalue weighted by molar-refractivity contribution is 1.00. The Balaban J connectivity index is 1.80. The third kappa shape index (κ3) is 2.64. The van der Waals surface area contributed by atoms with Gasteiger partial charge in [-0.25, -0.2) is 30.8 Å². The second kappa shape index (κ2) is 6.00. The number of anilines is 2. The fraction of sp³-hybridized carbons (Fsp3) is 0.200. The standard InChI is InChI=1S/C20H20N6/c1-11-5-6-15-7-9-17(24-19(15)22-11)26(21)18-10-8-16-13(3)12(2)14(4)23-20(16)25-18/h5-10H,21H2,1-4H3. The molecular weight excluding hydrogens is 324 g/mol. The minimum atomic E-state index is 0.586. The molecule has 4 aromatic heterocycles. The molecule has 0 aliphatic carbocycles. The summed E-state index contributed by atoms with van der Waals surface area (Å²) in [6, 6.07) is 11.7. The van der Waals surface area contributed by atoms with E-state index in [1.165, 1.54) is 16.1 Å². The summed E-state index contributed by atoms with van der Waals surface area (Å²) in [7, 11) is 0. The Morgan fingerprint density at radius 3 is 2.12 bits per heavy atom. The zero-order valence-corrected chi connectivity index (χ0v) is 15.3. The first-order chi connectivity index (χ1) is 12.4. The first-order valence-electron chi connectivity index (χ1n) is 8.48. The lowest BCUT2D eigenvalue weighted by Crippen LogP contribution is -2.27. The first kappa shape index (κ1) is 16.4. The summed E-state index contributed by atoms with van der Waals surface area (Å²) >= 11 is 0. The van der Waals surface area contributed by atoms with Gasteiger partial charge in [-0.05, 0) is 75.2 Å². The summed E-state index contributed by atoms with van der Waals surface area (Å²) < 4.78 is 0. The summed E-state index contributed by atoms with van der Waals surface area (Å²) in [6.45, 7) is 8.10. The monoisotopic (exact) mass is 344 g/mol. The van der Waals surface area contributed by atoms with Crippen LogP contribution in [-0.2, 0) is 0 Å². The molecule has 6 heteroatoms. The fourth-order valence-corrected chi connectivity index (χ4v) is 3.00. The van der Waals surface area contributed by atoms with Crippen molar-refractivity contribution in [2.75, 3.05) is 5.01 Å². The second-order valence-electron chi connectivity index (χ2n) is 6.53. The van der Waals surface area contributed by atoms with Crippen LogP contribution in [0.3, 0.4) is 0 Å². The molecule has 0 fully saturated rings. The van der Waals surface area contributed by atoms with Crippen LogP contribution in [0.5, 0.6) is 0 Å². The van der Waals surface area contributed by atoms with Crippen LogP contribution in [0.4, 0.5) is 11.6 Å². The van der Waals surface area contributed by atoms with Gasteiger partial charge in [0.2, 0.25) is 0 Å². The molecule has 0 atom stereocenters. The Morgan fingerprint density at radius 2 is 1.35 bits per heavy atom. The van der Waals surface area contributed by atoms with Crippen molar-refractivity contribution in [2.45, 2.75) is 27.7 Å². The van der Waals surface area contributed by atoms with E-state index in [0.29, 0.717) is 22.9 Å². The van der Waals surface area contributed by atoms with Crippen molar-refractivity contribution in [3.05, 3.63) is 58.9 Å².